The number of likely N-dealkylation sites (tertiary alicyclic amines) is 1. The summed E-state index contributed by atoms with van der Waals surface area (Å²) in [6.07, 6.45) is 1.61. The Kier molecular flexibility index (Phi) is 8.01. The number of ketones is 1. The lowest BCUT2D eigenvalue weighted by atomic mass is 9.95. The number of amides is 1. The predicted molar refractivity (Wildman–Crippen MR) is 125 cm³/mol. The number of aliphatic hydroxyl groups is 1. The highest BCUT2D eigenvalue weighted by atomic mass is 19.1. The summed E-state index contributed by atoms with van der Waals surface area (Å²) < 4.78 is 20.3. The van der Waals surface area contributed by atoms with E-state index >= 15 is 0 Å². The average molecular weight is 453 g/mol. The van der Waals surface area contributed by atoms with Crippen molar-refractivity contribution in [2.75, 3.05) is 32.8 Å². The molecule has 6 nitrogen and oxygen atoms in total. The van der Waals surface area contributed by atoms with Crippen LogP contribution in [0.1, 0.15) is 31.0 Å². The minimum Gasteiger partial charge on any atom is -0.507 e. The molecule has 1 saturated heterocycles. The van der Waals surface area contributed by atoms with Gasteiger partial charge in [-0.2, -0.15) is 0 Å². The van der Waals surface area contributed by atoms with Gasteiger partial charge in [0.15, 0.2) is 0 Å². The molecule has 0 aliphatic carbocycles. The Bertz CT molecular complexity index is 1040. The van der Waals surface area contributed by atoms with Crippen LogP contribution in [0.15, 0.2) is 66.8 Å². The molecule has 1 N–H and O–H groups in total. The Morgan fingerprint density at radius 1 is 1.15 bits per heavy atom. The smallest absolute Gasteiger partial charge is 0.295 e. The fourth-order valence-corrected chi connectivity index (χ4v) is 3.94. The minimum atomic E-state index is -1.02. The van der Waals surface area contributed by atoms with Crippen molar-refractivity contribution in [1.82, 2.24) is 9.80 Å². The van der Waals surface area contributed by atoms with E-state index in [9.17, 15) is 19.1 Å². The van der Waals surface area contributed by atoms with Gasteiger partial charge in [-0.1, -0.05) is 44.7 Å². The van der Waals surface area contributed by atoms with Crippen molar-refractivity contribution in [1.29, 1.82) is 0 Å². The summed E-state index contributed by atoms with van der Waals surface area (Å²) in [6.45, 7) is 10.3. The first-order valence-corrected chi connectivity index (χ1v) is 11.0. The van der Waals surface area contributed by atoms with Gasteiger partial charge >= 0.3 is 0 Å². The number of rotatable bonds is 10. The number of halogens is 1. The van der Waals surface area contributed by atoms with Gasteiger partial charge in [-0.25, -0.2) is 4.39 Å². The van der Waals surface area contributed by atoms with Crippen LogP contribution in [-0.4, -0.2) is 59.4 Å². The number of benzene rings is 2. The summed E-state index contributed by atoms with van der Waals surface area (Å²) in [7, 11) is 0. The van der Waals surface area contributed by atoms with E-state index in [-0.39, 0.29) is 23.4 Å². The Balaban J connectivity index is 2.05. The molecule has 1 aliphatic heterocycles. The van der Waals surface area contributed by atoms with Crippen LogP contribution in [-0.2, 0) is 9.59 Å². The Labute approximate surface area is 193 Å². The van der Waals surface area contributed by atoms with Crippen LogP contribution in [0.2, 0.25) is 0 Å². The maximum absolute atomic E-state index is 14.8. The molecule has 0 spiro atoms. The summed E-state index contributed by atoms with van der Waals surface area (Å²) in [5, 5.41) is 11.1. The summed E-state index contributed by atoms with van der Waals surface area (Å²) in [4.78, 5) is 29.5. The molecule has 0 bridgehead atoms. The number of ether oxygens (including phenoxy) is 1. The number of hydrogen-bond acceptors (Lipinski definition) is 5. The highest BCUT2D eigenvalue weighted by molar-refractivity contribution is 6.46. The Morgan fingerprint density at radius 3 is 2.42 bits per heavy atom. The van der Waals surface area contributed by atoms with Crippen molar-refractivity contribution in [3.63, 3.8) is 0 Å². The number of carbonyl (C=O) groups is 2. The van der Waals surface area contributed by atoms with E-state index in [1.165, 1.54) is 17.0 Å². The molecule has 2 aromatic rings. The van der Waals surface area contributed by atoms with Crippen molar-refractivity contribution in [3.05, 3.63) is 83.7 Å². The quantitative estimate of drug-likeness (QED) is 0.254. The largest absolute Gasteiger partial charge is 0.507 e. The number of Topliss-reactive ketones (excluding diaryl/α,β-unsaturated/α-hetero) is 1. The molecule has 0 radical (unpaired) electrons. The summed E-state index contributed by atoms with van der Waals surface area (Å²) in [5.41, 5.74) is 0.386. The van der Waals surface area contributed by atoms with Gasteiger partial charge in [-0.05, 0) is 43.4 Å². The monoisotopic (exact) mass is 452 g/mol. The van der Waals surface area contributed by atoms with Crippen LogP contribution in [0, 0.1) is 5.82 Å². The second-order valence-electron chi connectivity index (χ2n) is 7.66. The van der Waals surface area contributed by atoms with Crippen LogP contribution in [0.5, 0.6) is 5.75 Å². The molecule has 33 heavy (non-hydrogen) atoms. The van der Waals surface area contributed by atoms with Gasteiger partial charge in [-0.15, -0.1) is 0 Å². The fraction of sp³-hybridized carbons (Fsp3) is 0.308. The first-order chi connectivity index (χ1) is 15.9. The summed E-state index contributed by atoms with van der Waals surface area (Å²) in [6, 6.07) is 11.5. The zero-order chi connectivity index (χ0) is 24.0. The van der Waals surface area contributed by atoms with Crippen LogP contribution in [0.4, 0.5) is 4.39 Å². The number of nitrogens with zero attached hydrogens (tertiary/aromatic N) is 2. The third-order valence-corrected chi connectivity index (χ3v) is 5.79. The van der Waals surface area contributed by atoms with E-state index in [4.69, 9.17) is 4.74 Å². The third kappa shape index (κ3) is 5.14. The van der Waals surface area contributed by atoms with Gasteiger partial charge in [0.05, 0.1) is 11.6 Å². The van der Waals surface area contributed by atoms with E-state index < -0.39 is 23.5 Å². The lowest BCUT2D eigenvalue weighted by molar-refractivity contribution is -0.140. The third-order valence-electron chi connectivity index (χ3n) is 5.79. The first-order valence-electron chi connectivity index (χ1n) is 11.0. The highest BCUT2D eigenvalue weighted by Crippen LogP contribution is 2.40. The minimum absolute atomic E-state index is 0.121. The Hall–Kier alpha value is -3.45. The highest BCUT2D eigenvalue weighted by Gasteiger charge is 2.46. The molecule has 1 amide bonds. The molecule has 1 unspecified atom stereocenters. The lowest BCUT2D eigenvalue weighted by Crippen LogP contribution is -2.38. The molecule has 1 fully saturated rings. The molecular formula is C26H29FN2O4. The second kappa shape index (κ2) is 10.9. The molecule has 0 saturated carbocycles. The van der Waals surface area contributed by atoms with E-state index in [2.05, 4.69) is 11.5 Å². The fourth-order valence-electron chi connectivity index (χ4n) is 3.94. The van der Waals surface area contributed by atoms with Crippen molar-refractivity contribution < 1.29 is 23.8 Å². The molecule has 1 heterocycles. The average Bonchev–Trinajstić information content (AvgIpc) is 3.08. The Morgan fingerprint density at radius 2 is 1.82 bits per heavy atom. The van der Waals surface area contributed by atoms with E-state index in [1.54, 1.807) is 42.5 Å². The molecular weight excluding hydrogens is 423 g/mol. The molecule has 1 atom stereocenters. The van der Waals surface area contributed by atoms with Gasteiger partial charge in [0.1, 0.15) is 23.9 Å². The predicted octanol–water partition coefficient (Wildman–Crippen LogP) is 4.15. The standard InChI is InChI=1S/C26H29FN2O4/c1-4-17-33-19-13-11-18(12-14-19)24(30)22-23(20-9-7-8-10-21(20)27)29(26(32)25(22)31)16-15-28(5-2)6-3/h4,7-14,23,30H,1,5-6,15-17H2,2-3H3. The molecule has 0 aromatic heterocycles. The van der Waals surface area contributed by atoms with E-state index in [1.807, 2.05) is 13.8 Å². The maximum Gasteiger partial charge on any atom is 0.295 e. The maximum atomic E-state index is 14.8. The number of hydrogen-bond donors (Lipinski definition) is 1. The number of likely N-dealkylation sites (N-methyl/N-ethyl adjacent to an activating group) is 1. The number of aliphatic hydroxyl groups excluding tert-OH is 1. The summed E-state index contributed by atoms with van der Waals surface area (Å²) in [5.74, 6) is -1.90. The van der Waals surface area contributed by atoms with Crippen LogP contribution < -0.4 is 4.74 Å². The topological polar surface area (TPSA) is 70.1 Å². The van der Waals surface area contributed by atoms with Gasteiger partial charge < -0.3 is 19.6 Å². The van der Waals surface area contributed by atoms with E-state index in [0.29, 0.717) is 24.5 Å². The molecule has 1 aliphatic rings. The second-order valence-corrected chi connectivity index (χ2v) is 7.66. The molecule has 3 rings (SSSR count). The van der Waals surface area contributed by atoms with Crippen LogP contribution >= 0.6 is 0 Å². The molecule has 2 aromatic carbocycles. The van der Waals surface area contributed by atoms with Crippen LogP contribution in [0.3, 0.4) is 0 Å². The van der Waals surface area contributed by atoms with Crippen molar-refractivity contribution >= 4 is 17.4 Å². The van der Waals surface area contributed by atoms with Crippen molar-refractivity contribution in [3.8, 4) is 5.75 Å². The number of carbonyl (C=O) groups excluding carboxylic acids is 2. The molecule has 7 heteroatoms. The van der Waals surface area contributed by atoms with Gasteiger partial charge in [0.25, 0.3) is 11.7 Å². The normalized spacial score (nSPS) is 17.6. The zero-order valence-corrected chi connectivity index (χ0v) is 19.0. The van der Waals surface area contributed by atoms with Gasteiger partial charge in [0.2, 0.25) is 0 Å². The van der Waals surface area contributed by atoms with Gasteiger partial charge in [0, 0.05) is 24.2 Å². The zero-order valence-electron chi connectivity index (χ0n) is 19.0. The van der Waals surface area contributed by atoms with Gasteiger partial charge in [-0.3, -0.25) is 9.59 Å². The summed E-state index contributed by atoms with van der Waals surface area (Å²) >= 11 is 0. The SMILES string of the molecule is C=CCOc1ccc(C(O)=C2C(=O)C(=O)N(CCN(CC)CC)C2c2ccccc2F)cc1. The van der Waals surface area contributed by atoms with Crippen molar-refractivity contribution in [2.45, 2.75) is 19.9 Å². The van der Waals surface area contributed by atoms with Crippen molar-refractivity contribution in [2.24, 2.45) is 0 Å². The van der Waals surface area contributed by atoms with E-state index in [0.717, 1.165) is 13.1 Å². The molecule has 174 valence electrons. The first kappa shape index (κ1) is 24.2. The van der Waals surface area contributed by atoms with Crippen LogP contribution in [0.25, 0.3) is 5.76 Å². The lowest BCUT2D eigenvalue weighted by Gasteiger charge is -2.28.